The molecule has 0 bridgehead atoms. The van der Waals surface area contributed by atoms with Gasteiger partial charge in [-0.2, -0.15) is 9.78 Å². The summed E-state index contributed by atoms with van der Waals surface area (Å²) >= 11 is 0. The minimum atomic E-state index is -0.259. The quantitative estimate of drug-likeness (QED) is 0.373. The van der Waals surface area contributed by atoms with Crippen molar-refractivity contribution in [2.24, 2.45) is 5.10 Å². The van der Waals surface area contributed by atoms with E-state index in [1.54, 1.807) is 12.3 Å². The number of phenolic OH excluding ortho intramolecular Hbond substituents is 1. The molecule has 4 rings (SSSR count). The SMILES string of the molecule is CC(C)(C)c1cc(/C=N\n2c(-c3ccccc3)nc3ccccc3c2=O)cc(C(C)(C)C)c1O. The number of aromatic nitrogens is 2. The zero-order chi connectivity index (χ0) is 24.7. The van der Waals surface area contributed by atoms with Crippen LogP contribution in [0.2, 0.25) is 0 Å². The number of para-hydroxylation sites is 1. The van der Waals surface area contributed by atoms with E-state index in [9.17, 15) is 9.90 Å². The lowest BCUT2D eigenvalue weighted by Crippen LogP contribution is -2.21. The normalized spacial score (nSPS) is 12.5. The average Bonchev–Trinajstić information content (AvgIpc) is 2.78. The van der Waals surface area contributed by atoms with E-state index in [1.807, 2.05) is 60.7 Å². The lowest BCUT2D eigenvalue weighted by atomic mass is 9.78. The Morgan fingerprint density at radius 2 is 1.41 bits per heavy atom. The Labute approximate surface area is 200 Å². The predicted molar refractivity (Wildman–Crippen MR) is 140 cm³/mol. The Bertz CT molecular complexity index is 1400. The van der Waals surface area contributed by atoms with Crippen molar-refractivity contribution in [3.05, 3.63) is 93.8 Å². The third kappa shape index (κ3) is 4.51. The molecule has 0 saturated heterocycles. The first-order chi connectivity index (χ1) is 16.0. The molecular weight excluding hydrogens is 422 g/mol. The van der Waals surface area contributed by atoms with Crippen LogP contribution in [0, 0.1) is 0 Å². The lowest BCUT2D eigenvalue weighted by molar-refractivity contribution is 0.423. The standard InChI is InChI=1S/C29H31N3O2/c1-28(2,3)22-16-19(17-23(25(22)33)29(4,5)6)18-30-32-26(20-12-8-7-9-13-20)31-24-15-11-10-14-21(24)27(32)34/h7-18,33H,1-6H3/b30-18-. The molecule has 0 saturated carbocycles. The van der Waals surface area contributed by atoms with Crippen molar-refractivity contribution in [3.63, 3.8) is 0 Å². The molecule has 1 aromatic heterocycles. The fourth-order valence-corrected chi connectivity index (χ4v) is 4.00. The number of rotatable bonds is 3. The molecule has 1 heterocycles. The molecule has 5 nitrogen and oxygen atoms in total. The predicted octanol–water partition coefficient (Wildman–Crippen LogP) is 6.25. The maximum absolute atomic E-state index is 13.4. The molecule has 0 fully saturated rings. The van der Waals surface area contributed by atoms with Crippen molar-refractivity contribution < 1.29 is 5.11 Å². The van der Waals surface area contributed by atoms with E-state index >= 15 is 0 Å². The zero-order valence-corrected chi connectivity index (χ0v) is 20.6. The van der Waals surface area contributed by atoms with Gasteiger partial charge in [-0.3, -0.25) is 4.79 Å². The average molecular weight is 454 g/mol. The van der Waals surface area contributed by atoms with Gasteiger partial charge in [-0.1, -0.05) is 84.0 Å². The molecule has 0 radical (unpaired) electrons. The third-order valence-electron chi connectivity index (χ3n) is 5.86. The molecule has 1 N–H and O–H groups in total. The largest absolute Gasteiger partial charge is 0.507 e. The zero-order valence-electron chi connectivity index (χ0n) is 20.6. The molecule has 0 unspecified atom stereocenters. The smallest absolute Gasteiger partial charge is 0.282 e. The van der Waals surface area contributed by atoms with Gasteiger partial charge in [-0.15, -0.1) is 0 Å². The first kappa shape index (κ1) is 23.4. The van der Waals surface area contributed by atoms with Gasteiger partial charge in [-0.25, -0.2) is 4.98 Å². The van der Waals surface area contributed by atoms with Crippen molar-refractivity contribution in [1.82, 2.24) is 9.66 Å². The van der Waals surface area contributed by atoms with Crippen LogP contribution in [0.25, 0.3) is 22.3 Å². The minimum Gasteiger partial charge on any atom is -0.507 e. The van der Waals surface area contributed by atoms with Gasteiger partial charge < -0.3 is 5.11 Å². The second kappa shape index (κ2) is 8.56. The Kier molecular flexibility index (Phi) is 5.90. The van der Waals surface area contributed by atoms with Crippen LogP contribution in [-0.4, -0.2) is 21.0 Å². The maximum atomic E-state index is 13.4. The van der Waals surface area contributed by atoms with E-state index in [1.165, 1.54) is 4.68 Å². The number of hydrogen-bond donors (Lipinski definition) is 1. The topological polar surface area (TPSA) is 67.5 Å². The fourth-order valence-electron chi connectivity index (χ4n) is 4.00. The molecule has 0 aliphatic heterocycles. The van der Waals surface area contributed by atoms with Gasteiger partial charge in [0.25, 0.3) is 5.56 Å². The van der Waals surface area contributed by atoms with E-state index in [2.05, 4.69) is 46.6 Å². The van der Waals surface area contributed by atoms with E-state index in [0.717, 1.165) is 22.3 Å². The summed E-state index contributed by atoms with van der Waals surface area (Å²) in [5, 5.41) is 16.1. The molecular formula is C29H31N3O2. The van der Waals surface area contributed by atoms with Crippen LogP contribution >= 0.6 is 0 Å². The van der Waals surface area contributed by atoms with Crippen LogP contribution < -0.4 is 5.56 Å². The Morgan fingerprint density at radius 3 is 2.00 bits per heavy atom. The second-order valence-corrected chi connectivity index (χ2v) is 10.6. The summed E-state index contributed by atoms with van der Waals surface area (Å²) in [6.45, 7) is 12.4. The number of benzene rings is 3. The van der Waals surface area contributed by atoms with Gasteiger partial charge in [0.1, 0.15) is 5.75 Å². The Hall–Kier alpha value is -3.73. The minimum absolute atomic E-state index is 0.230. The second-order valence-electron chi connectivity index (χ2n) is 10.6. The summed E-state index contributed by atoms with van der Waals surface area (Å²) in [5.74, 6) is 0.790. The number of hydrogen-bond acceptors (Lipinski definition) is 4. The molecule has 0 aliphatic carbocycles. The van der Waals surface area contributed by atoms with Crippen molar-refractivity contribution in [2.75, 3.05) is 0 Å². The Balaban J connectivity index is 1.94. The third-order valence-corrected chi connectivity index (χ3v) is 5.86. The van der Waals surface area contributed by atoms with Gasteiger partial charge in [0, 0.05) is 16.7 Å². The number of nitrogens with zero attached hydrogens (tertiary/aromatic N) is 3. The number of aromatic hydroxyl groups is 1. The van der Waals surface area contributed by atoms with Crippen molar-refractivity contribution >= 4 is 17.1 Å². The molecule has 0 aliphatic rings. The van der Waals surface area contributed by atoms with Crippen LogP contribution in [-0.2, 0) is 10.8 Å². The number of fused-ring (bicyclic) bond motifs is 1. The van der Waals surface area contributed by atoms with Crippen LogP contribution in [0.15, 0.2) is 76.6 Å². The van der Waals surface area contributed by atoms with Crippen LogP contribution in [0.1, 0.15) is 58.2 Å². The van der Waals surface area contributed by atoms with Gasteiger partial charge >= 0.3 is 0 Å². The first-order valence-corrected chi connectivity index (χ1v) is 11.5. The lowest BCUT2D eigenvalue weighted by Gasteiger charge is -2.27. The highest BCUT2D eigenvalue weighted by atomic mass is 16.3. The summed E-state index contributed by atoms with van der Waals surface area (Å²) < 4.78 is 1.36. The fraction of sp³-hybridized carbons (Fsp3) is 0.276. The molecule has 174 valence electrons. The van der Waals surface area contributed by atoms with E-state index < -0.39 is 0 Å². The summed E-state index contributed by atoms with van der Waals surface area (Å²) in [5.41, 5.74) is 3.18. The van der Waals surface area contributed by atoms with Crippen LogP contribution in [0.4, 0.5) is 0 Å². The van der Waals surface area contributed by atoms with Crippen molar-refractivity contribution in [2.45, 2.75) is 52.4 Å². The summed E-state index contributed by atoms with van der Waals surface area (Å²) in [6.07, 6.45) is 1.67. The van der Waals surface area contributed by atoms with Gasteiger partial charge in [0.15, 0.2) is 5.82 Å². The molecule has 5 heteroatoms. The molecule has 0 atom stereocenters. The highest BCUT2D eigenvalue weighted by Gasteiger charge is 2.26. The first-order valence-electron chi connectivity index (χ1n) is 11.5. The van der Waals surface area contributed by atoms with Gasteiger partial charge in [0.05, 0.1) is 17.1 Å². The van der Waals surface area contributed by atoms with Crippen LogP contribution in [0.3, 0.4) is 0 Å². The molecule has 0 spiro atoms. The van der Waals surface area contributed by atoms with E-state index in [-0.39, 0.29) is 16.4 Å². The summed E-state index contributed by atoms with van der Waals surface area (Å²) in [7, 11) is 0. The van der Waals surface area contributed by atoms with Gasteiger partial charge in [-0.05, 0) is 40.7 Å². The van der Waals surface area contributed by atoms with Crippen LogP contribution in [0.5, 0.6) is 5.75 Å². The maximum Gasteiger partial charge on any atom is 0.282 e. The molecule has 3 aromatic carbocycles. The van der Waals surface area contributed by atoms with E-state index in [4.69, 9.17) is 4.98 Å². The highest BCUT2D eigenvalue weighted by Crippen LogP contribution is 2.39. The van der Waals surface area contributed by atoms with Crippen molar-refractivity contribution in [3.8, 4) is 17.1 Å². The molecule has 34 heavy (non-hydrogen) atoms. The highest BCUT2D eigenvalue weighted by molar-refractivity contribution is 5.83. The Morgan fingerprint density at radius 1 is 0.853 bits per heavy atom. The summed E-state index contributed by atoms with van der Waals surface area (Å²) in [4.78, 5) is 18.2. The molecule has 0 amide bonds. The van der Waals surface area contributed by atoms with E-state index in [0.29, 0.717) is 22.5 Å². The molecule has 4 aromatic rings. The number of phenols is 1. The summed E-state index contributed by atoms with van der Waals surface area (Å²) in [6, 6.07) is 20.8. The van der Waals surface area contributed by atoms with Crippen molar-refractivity contribution in [1.29, 1.82) is 0 Å². The van der Waals surface area contributed by atoms with Gasteiger partial charge in [0.2, 0.25) is 0 Å². The monoisotopic (exact) mass is 453 g/mol.